The lowest BCUT2D eigenvalue weighted by Crippen LogP contribution is -2.43. The number of hydrogen-bond acceptors (Lipinski definition) is 9. The molecule has 5 rings (SSSR count). The first-order chi connectivity index (χ1) is 15.5. The van der Waals surface area contributed by atoms with E-state index in [1.54, 1.807) is 16.6 Å². The van der Waals surface area contributed by atoms with Crippen molar-refractivity contribution in [2.75, 3.05) is 29.0 Å². The minimum absolute atomic E-state index is 0.115. The molecule has 1 saturated heterocycles. The summed E-state index contributed by atoms with van der Waals surface area (Å²) in [6.07, 6.45) is 3.42. The number of nitrogens with zero attached hydrogens (tertiary/aromatic N) is 7. The Kier molecular flexibility index (Phi) is 5.46. The third kappa shape index (κ3) is 3.90. The highest BCUT2D eigenvalue weighted by molar-refractivity contribution is 7.16. The van der Waals surface area contributed by atoms with Crippen LogP contribution in [-0.2, 0) is 0 Å². The summed E-state index contributed by atoms with van der Waals surface area (Å²) in [6, 6.07) is 9.37. The second kappa shape index (κ2) is 8.43. The number of nitriles is 1. The average Bonchev–Trinajstić information content (AvgIpc) is 3.39. The van der Waals surface area contributed by atoms with Crippen molar-refractivity contribution in [3.8, 4) is 17.3 Å². The summed E-state index contributed by atoms with van der Waals surface area (Å²) < 4.78 is 1.73. The maximum atomic E-state index is 9.13. The fraction of sp³-hybridized carbons (Fsp3) is 0.250. The van der Waals surface area contributed by atoms with Crippen LogP contribution < -0.4 is 16.0 Å². The number of anilines is 3. The molecule has 0 spiro atoms. The lowest BCUT2D eigenvalue weighted by molar-refractivity contribution is 0.519. The Bertz CT molecular complexity index is 1340. The fourth-order valence-electron chi connectivity index (χ4n) is 3.78. The molecule has 1 fully saturated rings. The first kappa shape index (κ1) is 20.8. The van der Waals surface area contributed by atoms with Crippen molar-refractivity contribution in [2.24, 2.45) is 0 Å². The molecule has 1 unspecified atom stereocenters. The van der Waals surface area contributed by atoms with E-state index in [9.17, 15) is 0 Å². The molecular weight excluding hydrogens is 469 g/mol. The van der Waals surface area contributed by atoms with Crippen LogP contribution in [0.15, 0.2) is 30.6 Å². The summed E-state index contributed by atoms with van der Waals surface area (Å²) in [5.41, 5.74) is 7.95. The third-order valence-electron chi connectivity index (χ3n) is 5.24. The van der Waals surface area contributed by atoms with E-state index < -0.39 is 0 Å². The zero-order chi connectivity index (χ0) is 22.2. The second-order valence-electron chi connectivity index (χ2n) is 7.37. The van der Waals surface area contributed by atoms with Gasteiger partial charge in [-0.05, 0) is 31.0 Å². The number of aromatic nitrogens is 5. The highest BCUT2D eigenvalue weighted by Gasteiger charge is 2.25. The van der Waals surface area contributed by atoms with Gasteiger partial charge in [-0.25, -0.2) is 15.0 Å². The molecule has 4 heterocycles. The maximum Gasteiger partial charge on any atom is 0.229 e. The van der Waals surface area contributed by atoms with Crippen LogP contribution in [0.25, 0.3) is 16.9 Å². The van der Waals surface area contributed by atoms with Crippen molar-refractivity contribution < 1.29 is 0 Å². The Labute approximate surface area is 197 Å². The van der Waals surface area contributed by atoms with Gasteiger partial charge in [-0.15, -0.1) is 0 Å². The molecule has 12 heteroatoms. The normalized spacial score (nSPS) is 16.3. The number of nitrogens with two attached hydrogens (primary N) is 1. The molecular formula is C20H17Cl2N9S. The summed E-state index contributed by atoms with van der Waals surface area (Å²) >= 11 is 13.8. The molecule has 3 aromatic heterocycles. The van der Waals surface area contributed by atoms with E-state index in [0.29, 0.717) is 43.9 Å². The summed E-state index contributed by atoms with van der Waals surface area (Å²) in [5.74, 6) is 0.940. The Morgan fingerprint density at radius 2 is 2.12 bits per heavy atom. The predicted molar refractivity (Wildman–Crippen MR) is 126 cm³/mol. The molecule has 1 aliphatic rings. The molecule has 1 aliphatic heterocycles. The molecule has 9 nitrogen and oxygen atoms in total. The molecule has 0 bridgehead atoms. The number of hydrogen-bond donors (Lipinski definition) is 2. The molecule has 0 saturated carbocycles. The standard InChI is InChI=1S/C20H17Cl2N9S/c21-11-3-4-13(14(22)6-11)15-7-17-25-10-26-31(17)20(28-15)30-5-1-2-12(9-30)27-19-29-18(24)16(8-23)32-19/h3-4,6-7,10,12H,1-2,5,9,24H2,(H,27,29). The minimum Gasteiger partial charge on any atom is -0.382 e. The lowest BCUT2D eigenvalue weighted by atomic mass is 10.1. The molecule has 1 atom stereocenters. The number of nitrogens with one attached hydrogen (secondary N) is 1. The number of thiazole rings is 1. The van der Waals surface area contributed by atoms with Gasteiger partial charge in [0.2, 0.25) is 5.95 Å². The van der Waals surface area contributed by atoms with Gasteiger partial charge in [0.1, 0.15) is 17.3 Å². The summed E-state index contributed by atoms with van der Waals surface area (Å²) in [5, 5.41) is 18.6. The van der Waals surface area contributed by atoms with Gasteiger partial charge in [-0.1, -0.05) is 34.5 Å². The largest absolute Gasteiger partial charge is 0.382 e. The Morgan fingerprint density at radius 1 is 1.25 bits per heavy atom. The minimum atomic E-state index is 0.115. The molecule has 162 valence electrons. The van der Waals surface area contributed by atoms with Gasteiger partial charge in [-0.3, -0.25) is 0 Å². The smallest absolute Gasteiger partial charge is 0.229 e. The van der Waals surface area contributed by atoms with Crippen molar-refractivity contribution in [3.05, 3.63) is 45.5 Å². The van der Waals surface area contributed by atoms with Crippen LogP contribution in [0, 0.1) is 11.3 Å². The van der Waals surface area contributed by atoms with Crippen LogP contribution in [0.3, 0.4) is 0 Å². The number of benzene rings is 1. The zero-order valence-electron chi connectivity index (χ0n) is 16.7. The predicted octanol–water partition coefficient (Wildman–Crippen LogP) is 4.09. The SMILES string of the molecule is N#Cc1sc(NC2CCCN(c3nc(-c4ccc(Cl)cc4Cl)cc4ncnn34)C2)nc1N. The molecule has 0 amide bonds. The van der Waals surface area contributed by atoms with Crippen LogP contribution in [0.1, 0.15) is 17.7 Å². The average molecular weight is 486 g/mol. The van der Waals surface area contributed by atoms with Crippen LogP contribution in [0.5, 0.6) is 0 Å². The summed E-state index contributed by atoms with van der Waals surface area (Å²) in [6.45, 7) is 1.50. The van der Waals surface area contributed by atoms with E-state index in [1.165, 1.54) is 17.7 Å². The third-order valence-corrected chi connectivity index (χ3v) is 6.70. The summed E-state index contributed by atoms with van der Waals surface area (Å²) in [7, 11) is 0. The van der Waals surface area contributed by atoms with Gasteiger partial charge in [0.05, 0.1) is 10.7 Å². The van der Waals surface area contributed by atoms with E-state index >= 15 is 0 Å². The quantitative estimate of drug-likeness (QED) is 0.443. The van der Waals surface area contributed by atoms with Crippen LogP contribution in [0.2, 0.25) is 10.0 Å². The number of piperidine rings is 1. The van der Waals surface area contributed by atoms with Crippen LogP contribution in [0.4, 0.5) is 16.9 Å². The summed E-state index contributed by atoms with van der Waals surface area (Å²) in [4.78, 5) is 16.1. The fourth-order valence-corrected chi connectivity index (χ4v) is 5.04. The van der Waals surface area contributed by atoms with Crippen molar-refractivity contribution in [2.45, 2.75) is 18.9 Å². The van der Waals surface area contributed by atoms with Crippen LogP contribution in [-0.4, -0.2) is 43.7 Å². The van der Waals surface area contributed by atoms with Gasteiger partial charge >= 0.3 is 0 Å². The highest BCUT2D eigenvalue weighted by Crippen LogP contribution is 2.32. The monoisotopic (exact) mass is 485 g/mol. The van der Waals surface area contributed by atoms with E-state index in [0.717, 1.165) is 24.9 Å². The topological polar surface area (TPSA) is 121 Å². The molecule has 0 radical (unpaired) electrons. The van der Waals surface area contributed by atoms with E-state index in [4.69, 9.17) is 39.2 Å². The van der Waals surface area contributed by atoms with Crippen molar-refractivity contribution in [1.29, 1.82) is 5.26 Å². The number of fused-ring (bicyclic) bond motifs is 1. The Morgan fingerprint density at radius 3 is 2.91 bits per heavy atom. The van der Waals surface area contributed by atoms with E-state index in [-0.39, 0.29) is 11.9 Å². The molecule has 0 aliphatic carbocycles. The molecule has 4 aromatic rings. The highest BCUT2D eigenvalue weighted by atomic mass is 35.5. The molecule has 1 aromatic carbocycles. The van der Waals surface area contributed by atoms with Gasteiger partial charge in [0, 0.05) is 35.8 Å². The van der Waals surface area contributed by atoms with Gasteiger partial charge in [0.25, 0.3) is 0 Å². The second-order valence-corrected chi connectivity index (χ2v) is 9.21. The van der Waals surface area contributed by atoms with E-state index in [2.05, 4.69) is 31.4 Å². The first-order valence-electron chi connectivity index (χ1n) is 9.86. The van der Waals surface area contributed by atoms with Crippen molar-refractivity contribution in [3.63, 3.8) is 0 Å². The van der Waals surface area contributed by atoms with Crippen LogP contribution >= 0.6 is 34.5 Å². The molecule has 3 N–H and O–H groups in total. The molecule has 32 heavy (non-hydrogen) atoms. The Hall–Kier alpha value is -3.13. The van der Waals surface area contributed by atoms with Gasteiger partial charge in [0.15, 0.2) is 16.6 Å². The Balaban J connectivity index is 1.46. The number of rotatable bonds is 4. The number of nitrogen functional groups attached to an aromatic ring is 1. The van der Waals surface area contributed by atoms with E-state index in [1.807, 2.05) is 12.1 Å². The number of halogens is 2. The first-order valence-corrected chi connectivity index (χ1v) is 11.4. The lowest BCUT2D eigenvalue weighted by Gasteiger charge is -2.33. The van der Waals surface area contributed by atoms with Gasteiger partial charge < -0.3 is 16.0 Å². The zero-order valence-corrected chi connectivity index (χ0v) is 19.0. The maximum absolute atomic E-state index is 9.13. The van der Waals surface area contributed by atoms with Gasteiger partial charge in [-0.2, -0.15) is 14.9 Å². The van der Waals surface area contributed by atoms with Crippen molar-refractivity contribution >= 4 is 57.1 Å². The van der Waals surface area contributed by atoms with Crippen molar-refractivity contribution in [1.82, 2.24) is 24.6 Å².